The number of nitrogens with zero attached hydrogens (tertiary/aromatic N) is 2. The Bertz CT molecular complexity index is 908. The van der Waals surface area contributed by atoms with Crippen LogP contribution in [0.25, 0.3) is 5.69 Å². The monoisotopic (exact) mass is 385 g/mol. The van der Waals surface area contributed by atoms with E-state index in [1.165, 1.54) is 11.6 Å². The van der Waals surface area contributed by atoms with Crippen LogP contribution in [-0.4, -0.2) is 27.3 Å². The topological polar surface area (TPSA) is 82.3 Å². The molecular weight excluding hydrogens is 358 g/mol. The largest absolute Gasteiger partial charge is 0.452 e. The number of carbonyl (C=O) groups excluding carboxylic acids is 2. The summed E-state index contributed by atoms with van der Waals surface area (Å²) in [6.07, 6.45) is 3.84. The number of ether oxygens (including phenoxy) is 1. The Kier molecular flexibility index (Phi) is 6.02. The van der Waals surface area contributed by atoms with Crippen LogP contribution in [0, 0.1) is 12.8 Å². The molecular formula is C21H27N3O4. The van der Waals surface area contributed by atoms with Gasteiger partial charge in [-0.2, -0.15) is 0 Å². The number of rotatable bonds is 5. The maximum atomic E-state index is 12.9. The van der Waals surface area contributed by atoms with Gasteiger partial charge in [0.2, 0.25) is 0 Å². The zero-order valence-electron chi connectivity index (χ0n) is 16.6. The highest BCUT2D eigenvalue weighted by Crippen LogP contribution is 2.25. The Morgan fingerprint density at radius 1 is 1.14 bits per heavy atom. The number of nitrogens with one attached hydrogen (secondary N) is 1. The first-order valence-corrected chi connectivity index (χ1v) is 9.75. The lowest BCUT2D eigenvalue weighted by molar-refractivity contribution is -0.158. The van der Waals surface area contributed by atoms with Gasteiger partial charge in [0.15, 0.2) is 6.10 Å². The number of aromatic nitrogens is 2. The van der Waals surface area contributed by atoms with Gasteiger partial charge in [-0.05, 0) is 38.8 Å². The van der Waals surface area contributed by atoms with Crippen LogP contribution < -0.4 is 10.9 Å². The Morgan fingerprint density at radius 2 is 1.79 bits per heavy atom. The molecule has 1 amide bonds. The van der Waals surface area contributed by atoms with Crippen LogP contribution in [0.2, 0.25) is 0 Å². The second-order valence-electron chi connectivity index (χ2n) is 7.34. The molecule has 0 bridgehead atoms. The zero-order chi connectivity index (χ0) is 20.3. The van der Waals surface area contributed by atoms with E-state index in [-0.39, 0.29) is 23.1 Å². The maximum Gasteiger partial charge on any atom is 0.309 e. The van der Waals surface area contributed by atoms with E-state index in [4.69, 9.17) is 4.74 Å². The van der Waals surface area contributed by atoms with E-state index in [2.05, 4.69) is 5.32 Å². The standard InChI is InChI=1S/C21H27N3O4/c1-14-18(20(26)24(23(14)3)17-12-8-5-9-13-17)22-19(25)15(2)28-21(27)16-10-6-4-7-11-16/h5,8-9,12-13,15-16H,4,6-7,10-11H2,1-3H3,(H,22,25)/t15-/m1/s1. The lowest BCUT2D eigenvalue weighted by Gasteiger charge is -2.22. The van der Waals surface area contributed by atoms with Gasteiger partial charge in [-0.1, -0.05) is 37.5 Å². The van der Waals surface area contributed by atoms with Crippen molar-refractivity contribution in [2.45, 2.75) is 52.1 Å². The van der Waals surface area contributed by atoms with Gasteiger partial charge < -0.3 is 10.1 Å². The van der Waals surface area contributed by atoms with Crippen molar-refractivity contribution in [2.75, 3.05) is 5.32 Å². The van der Waals surface area contributed by atoms with Crippen molar-refractivity contribution in [2.24, 2.45) is 13.0 Å². The summed E-state index contributed by atoms with van der Waals surface area (Å²) >= 11 is 0. The number of hydrogen-bond acceptors (Lipinski definition) is 4. The van der Waals surface area contributed by atoms with Gasteiger partial charge in [0.25, 0.3) is 11.5 Å². The molecule has 1 saturated carbocycles. The van der Waals surface area contributed by atoms with Crippen LogP contribution >= 0.6 is 0 Å². The average molecular weight is 385 g/mol. The van der Waals surface area contributed by atoms with E-state index in [1.807, 2.05) is 30.3 Å². The van der Waals surface area contributed by atoms with E-state index in [1.54, 1.807) is 18.7 Å². The average Bonchev–Trinajstić information content (AvgIpc) is 2.92. The van der Waals surface area contributed by atoms with Gasteiger partial charge in [-0.3, -0.25) is 19.1 Å². The fraction of sp³-hybridized carbons (Fsp3) is 0.476. The van der Waals surface area contributed by atoms with Crippen LogP contribution in [-0.2, 0) is 21.4 Å². The molecule has 0 unspecified atom stereocenters. The number of hydrogen-bond donors (Lipinski definition) is 1. The number of benzene rings is 1. The highest BCUT2D eigenvalue weighted by molar-refractivity contribution is 5.95. The summed E-state index contributed by atoms with van der Waals surface area (Å²) in [6.45, 7) is 3.29. The summed E-state index contributed by atoms with van der Waals surface area (Å²) in [5, 5.41) is 2.65. The van der Waals surface area contributed by atoms with Gasteiger partial charge in [-0.25, -0.2) is 4.68 Å². The molecule has 3 rings (SSSR count). The van der Waals surface area contributed by atoms with E-state index in [0.717, 1.165) is 32.1 Å². The quantitative estimate of drug-likeness (QED) is 0.803. The molecule has 0 saturated heterocycles. The molecule has 1 aliphatic carbocycles. The molecule has 7 heteroatoms. The van der Waals surface area contributed by atoms with Gasteiger partial charge in [0, 0.05) is 7.05 Å². The molecule has 1 aromatic carbocycles. The molecule has 28 heavy (non-hydrogen) atoms. The van der Waals surface area contributed by atoms with Crippen molar-refractivity contribution >= 4 is 17.6 Å². The van der Waals surface area contributed by atoms with Crippen LogP contribution in [0.5, 0.6) is 0 Å². The molecule has 1 N–H and O–H groups in total. The first-order chi connectivity index (χ1) is 13.4. The minimum Gasteiger partial charge on any atom is -0.452 e. The molecule has 0 aliphatic heterocycles. The molecule has 150 valence electrons. The second kappa shape index (κ2) is 8.46. The summed E-state index contributed by atoms with van der Waals surface area (Å²) in [7, 11) is 1.76. The van der Waals surface area contributed by atoms with E-state index < -0.39 is 12.0 Å². The molecule has 1 aliphatic rings. The zero-order valence-corrected chi connectivity index (χ0v) is 16.6. The summed E-state index contributed by atoms with van der Waals surface area (Å²) in [4.78, 5) is 37.7. The highest BCUT2D eigenvalue weighted by Gasteiger charge is 2.27. The first-order valence-electron chi connectivity index (χ1n) is 9.75. The smallest absolute Gasteiger partial charge is 0.309 e. The van der Waals surface area contributed by atoms with Crippen molar-refractivity contribution < 1.29 is 14.3 Å². The normalized spacial score (nSPS) is 15.8. The lowest BCUT2D eigenvalue weighted by Crippen LogP contribution is -2.34. The molecule has 1 aromatic heterocycles. The maximum absolute atomic E-state index is 12.9. The molecule has 1 fully saturated rings. The number of carbonyl (C=O) groups is 2. The Morgan fingerprint density at radius 3 is 2.43 bits per heavy atom. The SMILES string of the molecule is Cc1c(NC(=O)[C@@H](C)OC(=O)C2CCCCC2)c(=O)n(-c2ccccc2)n1C. The fourth-order valence-electron chi connectivity index (χ4n) is 3.60. The predicted octanol–water partition coefficient (Wildman–Crippen LogP) is 2.93. The van der Waals surface area contributed by atoms with Crippen molar-refractivity contribution in [3.63, 3.8) is 0 Å². The fourth-order valence-corrected chi connectivity index (χ4v) is 3.60. The van der Waals surface area contributed by atoms with Gasteiger partial charge in [0.05, 0.1) is 17.3 Å². The lowest BCUT2D eigenvalue weighted by atomic mass is 9.89. The van der Waals surface area contributed by atoms with E-state index >= 15 is 0 Å². The summed E-state index contributed by atoms with van der Waals surface area (Å²) in [6, 6.07) is 9.20. The Labute approximate surface area is 164 Å². The third-order valence-electron chi connectivity index (χ3n) is 5.40. The number of para-hydroxylation sites is 1. The van der Waals surface area contributed by atoms with Gasteiger partial charge in [0.1, 0.15) is 5.69 Å². The summed E-state index contributed by atoms with van der Waals surface area (Å²) in [5.74, 6) is -0.957. The Balaban J connectivity index is 1.73. The Hall–Kier alpha value is -2.83. The molecule has 0 radical (unpaired) electrons. The highest BCUT2D eigenvalue weighted by atomic mass is 16.5. The number of amides is 1. The molecule has 7 nitrogen and oxygen atoms in total. The van der Waals surface area contributed by atoms with Crippen molar-refractivity contribution in [1.29, 1.82) is 0 Å². The van der Waals surface area contributed by atoms with Crippen LogP contribution in [0.15, 0.2) is 35.1 Å². The third kappa shape index (κ3) is 4.03. The summed E-state index contributed by atoms with van der Waals surface area (Å²) < 4.78 is 8.53. The number of anilines is 1. The molecule has 1 atom stereocenters. The number of esters is 1. The third-order valence-corrected chi connectivity index (χ3v) is 5.40. The first kappa shape index (κ1) is 19.9. The van der Waals surface area contributed by atoms with E-state index in [9.17, 15) is 14.4 Å². The predicted molar refractivity (Wildman–Crippen MR) is 107 cm³/mol. The van der Waals surface area contributed by atoms with Crippen LogP contribution in [0.1, 0.15) is 44.7 Å². The summed E-state index contributed by atoms with van der Waals surface area (Å²) in [5.41, 5.74) is 1.19. The second-order valence-corrected chi connectivity index (χ2v) is 7.34. The molecule has 2 aromatic rings. The molecule has 0 spiro atoms. The van der Waals surface area contributed by atoms with Crippen molar-refractivity contribution in [1.82, 2.24) is 9.36 Å². The minimum absolute atomic E-state index is 0.127. The van der Waals surface area contributed by atoms with Crippen LogP contribution in [0.3, 0.4) is 0 Å². The minimum atomic E-state index is -0.960. The van der Waals surface area contributed by atoms with Crippen LogP contribution in [0.4, 0.5) is 5.69 Å². The molecule has 1 heterocycles. The van der Waals surface area contributed by atoms with Gasteiger partial charge >= 0.3 is 5.97 Å². The van der Waals surface area contributed by atoms with Gasteiger partial charge in [-0.15, -0.1) is 0 Å². The van der Waals surface area contributed by atoms with Crippen molar-refractivity contribution in [3.05, 3.63) is 46.4 Å². The van der Waals surface area contributed by atoms with Crippen molar-refractivity contribution in [3.8, 4) is 5.69 Å². The van der Waals surface area contributed by atoms with E-state index in [0.29, 0.717) is 11.4 Å².